The average molecular weight is 342 g/mol. The van der Waals surface area contributed by atoms with Crippen LogP contribution in [0.3, 0.4) is 0 Å². The summed E-state index contributed by atoms with van der Waals surface area (Å²) in [6.45, 7) is 0. The molecule has 4 N–H and O–H groups in total. The maximum atomic E-state index is 12.0. The van der Waals surface area contributed by atoms with E-state index in [1.807, 2.05) is 0 Å². The Labute approximate surface area is 142 Å². The van der Waals surface area contributed by atoms with Gasteiger partial charge in [0.05, 0.1) is 0 Å². The van der Waals surface area contributed by atoms with Crippen molar-refractivity contribution in [2.24, 2.45) is 0 Å². The molecule has 0 bridgehead atoms. The average Bonchev–Trinajstić information content (AvgIpc) is 2.59. The summed E-state index contributed by atoms with van der Waals surface area (Å²) in [5.74, 6) is -3.13. The zero-order valence-electron chi connectivity index (χ0n) is 12.9. The Morgan fingerprint density at radius 1 is 1.12 bits per heavy atom. The number of hydrogen-bond donors (Lipinski definition) is 4. The molecule has 0 aliphatic heterocycles. The summed E-state index contributed by atoms with van der Waals surface area (Å²) in [5.41, 5.74) is 0.571. The molecule has 0 saturated heterocycles. The maximum absolute atomic E-state index is 12.0. The lowest BCUT2D eigenvalue weighted by atomic mass is 10.1. The number of carbonyl (C=O) groups excluding carboxylic acids is 1. The van der Waals surface area contributed by atoms with Gasteiger partial charge in [0, 0.05) is 23.9 Å². The summed E-state index contributed by atoms with van der Waals surface area (Å²) >= 11 is 0. The molecule has 0 radical (unpaired) electrons. The number of hydrogen-bond acceptors (Lipinski definition) is 6. The topological polar surface area (TPSA) is 163 Å². The molecule has 0 fully saturated rings. The number of carboxylic acid groups (broad SMARTS) is 2. The van der Waals surface area contributed by atoms with Gasteiger partial charge in [0.15, 0.2) is 0 Å². The number of carbonyl (C=O) groups is 3. The van der Waals surface area contributed by atoms with Crippen LogP contribution in [0.2, 0.25) is 0 Å². The number of anilines is 1. The molecule has 25 heavy (non-hydrogen) atoms. The molecule has 1 aromatic carbocycles. The van der Waals surface area contributed by atoms with Crippen molar-refractivity contribution in [2.45, 2.75) is 18.9 Å². The summed E-state index contributed by atoms with van der Waals surface area (Å²) in [5, 5.41) is 39.8. The van der Waals surface area contributed by atoms with E-state index >= 15 is 0 Å². The zero-order chi connectivity index (χ0) is 18.8. The molecule has 1 amide bonds. The number of nitrogens with one attached hydrogen (secondary N) is 2. The molecule has 0 saturated carbocycles. The van der Waals surface area contributed by atoms with Crippen LogP contribution >= 0.6 is 0 Å². The molecule has 9 heteroatoms. The van der Waals surface area contributed by atoms with Crippen molar-refractivity contribution in [3.05, 3.63) is 41.6 Å². The lowest BCUT2D eigenvalue weighted by Crippen LogP contribution is -2.41. The van der Waals surface area contributed by atoms with Gasteiger partial charge in [-0.3, -0.25) is 9.59 Å². The van der Waals surface area contributed by atoms with Crippen LogP contribution < -0.4 is 10.6 Å². The highest BCUT2D eigenvalue weighted by molar-refractivity contribution is 5.96. The van der Waals surface area contributed by atoms with E-state index in [0.29, 0.717) is 5.69 Å². The van der Waals surface area contributed by atoms with Crippen LogP contribution in [-0.4, -0.2) is 34.1 Å². The highest BCUT2D eigenvalue weighted by Crippen LogP contribution is 2.11. The predicted molar refractivity (Wildman–Crippen MR) is 85.1 cm³/mol. The Kier molecular flexibility index (Phi) is 7.16. The standard InChI is InChI=1S/C16H14N4O5/c17-7-10(8-18)9-19-12-3-1-11(2-4-12)15(23)20-13(16(24)25)5-6-14(21)22/h1-4,9,13,19H,5-6H2,(H,20,23)(H,21,22)(H,24,25). The van der Waals surface area contributed by atoms with Crippen molar-refractivity contribution in [2.75, 3.05) is 5.32 Å². The van der Waals surface area contributed by atoms with E-state index < -0.39 is 23.9 Å². The summed E-state index contributed by atoms with van der Waals surface area (Å²) in [6, 6.07) is 7.89. The summed E-state index contributed by atoms with van der Waals surface area (Å²) in [4.78, 5) is 33.6. The van der Waals surface area contributed by atoms with Gasteiger partial charge in [-0.05, 0) is 30.7 Å². The van der Waals surface area contributed by atoms with Crippen molar-refractivity contribution < 1.29 is 24.6 Å². The van der Waals surface area contributed by atoms with E-state index in [1.165, 1.54) is 30.5 Å². The quantitative estimate of drug-likeness (QED) is 0.510. The number of nitriles is 2. The monoisotopic (exact) mass is 342 g/mol. The number of allylic oxidation sites excluding steroid dienone is 1. The fourth-order valence-electron chi connectivity index (χ4n) is 1.73. The first-order chi connectivity index (χ1) is 11.9. The van der Waals surface area contributed by atoms with Crippen LogP contribution in [0, 0.1) is 22.7 Å². The molecular formula is C16H14N4O5. The minimum Gasteiger partial charge on any atom is -0.481 e. The SMILES string of the molecule is N#CC(C#N)=CNc1ccc(C(=O)NC(CCC(=O)O)C(=O)O)cc1. The molecule has 0 spiro atoms. The maximum Gasteiger partial charge on any atom is 0.326 e. The molecule has 1 rings (SSSR count). The first kappa shape index (κ1) is 19.2. The molecule has 0 heterocycles. The highest BCUT2D eigenvalue weighted by atomic mass is 16.4. The molecule has 0 aliphatic rings. The smallest absolute Gasteiger partial charge is 0.326 e. The fraction of sp³-hybridized carbons (Fsp3) is 0.188. The third kappa shape index (κ3) is 6.42. The molecule has 0 aliphatic carbocycles. The normalized spacial score (nSPS) is 10.5. The van der Waals surface area contributed by atoms with E-state index in [0.717, 1.165) is 0 Å². The summed E-state index contributed by atoms with van der Waals surface area (Å²) < 4.78 is 0. The molecule has 1 aromatic rings. The molecule has 1 atom stereocenters. The van der Waals surface area contributed by atoms with Crippen LogP contribution in [0.4, 0.5) is 5.69 Å². The lowest BCUT2D eigenvalue weighted by molar-refractivity contribution is -0.140. The first-order valence-corrected chi connectivity index (χ1v) is 6.99. The fourth-order valence-corrected chi connectivity index (χ4v) is 1.73. The van der Waals surface area contributed by atoms with Crippen LogP contribution in [0.5, 0.6) is 0 Å². The second-order valence-corrected chi connectivity index (χ2v) is 4.80. The Morgan fingerprint density at radius 2 is 1.72 bits per heavy atom. The Bertz CT molecular complexity index is 755. The second kappa shape index (κ2) is 9.33. The van der Waals surface area contributed by atoms with E-state index in [-0.39, 0.29) is 24.0 Å². The van der Waals surface area contributed by atoms with E-state index in [9.17, 15) is 14.4 Å². The van der Waals surface area contributed by atoms with Gasteiger partial charge in [-0.25, -0.2) is 4.79 Å². The molecule has 1 unspecified atom stereocenters. The Morgan fingerprint density at radius 3 is 2.20 bits per heavy atom. The molecule has 9 nitrogen and oxygen atoms in total. The van der Waals surface area contributed by atoms with Crippen molar-refractivity contribution >= 4 is 23.5 Å². The highest BCUT2D eigenvalue weighted by Gasteiger charge is 2.21. The van der Waals surface area contributed by atoms with E-state index in [1.54, 1.807) is 12.1 Å². The minimum atomic E-state index is -1.32. The third-order valence-corrected chi connectivity index (χ3v) is 3.02. The van der Waals surface area contributed by atoms with Gasteiger partial charge in [0.1, 0.15) is 23.8 Å². The number of benzene rings is 1. The Balaban J connectivity index is 2.74. The largest absolute Gasteiger partial charge is 0.481 e. The minimum absolute atomic E-state index is 0.121. The first-order valence-electron chi connectivity index (χ1n) is 6.99. The van der Waals surface area contributed by atoms with Crippen molar-refractivity contribution in [1.82, 2.24) is 5.32 Å². The summed E-state index contributed by atoms with van der Waals surface area (Å²) in [7, 11) is 0. The number of carboxylic acids is 2. The summed E-state index contributed by atoms with van der Waals surface area (Å²) in [6.07, 6.45) is 0.597. The van der Waals surface area contributed by atoms with Crippen LogP contribution in [0.1, 0.15) is 23.2 Å². The Hall–Kier alpha value is -3.85. The van der Waals surface area contributed by atoms with Crippen LogP contribution in [0.25, 0.3) is 0 Å². The van der Waals surface area contributed by atoms with Crippen molar-refractivity contribution in [1.29, 1.82) is 10.5 Å². The molecule has 128 valence electrons. The number of amides is 1. The predicted octanol–water partition coefficient (Wildman–Crippen LogP) is 1.08. The molecular weight excluding hydrogens is 328 g/mol. The van der Waals surface area contributed by atoms with Gasteiger partial charge >= 0.3 is 11.9 Å². The van der Waals surface area contributed by atoms with E-state index in [4.69, 9.17) is 20.7 Å². The van der Waals surface area contributed by atoms with Gasteiger partial charge in [-0.2, -0.15) is 10.5 Å². The van der Waals surface area contributed by atoms with E-state index in [2.05, 4.69) is 10.6 Å². The zero-order valence-corrected chi connectivity index (χ0v) is 12.9. The number of aliphatic carboxylic acids is 2. The molecule has 0 aromatic heterocycles. The van der Waals surface area contributed by atoms with Crippen molar-refractivity contribution in [3.8, 4) is 12.1 Å². The van der Waals surface area contributed by atoms with Gasteiger partial charge in [-0.15, -0.1) is 0 Å². The van der Waals surface area contributed by atoms with Gasteiger partial charge < -0.3 is 20.8 Å². The van der Waals surface area contributed by atoms with Crippen LogP contribution in [-0.2, 0) is 9.59 Å². The van der Waals surface area contributed by atoms with Crippen LogP contribution in [0.15, 0.2) is 36.0 Å². The number of nitrogens with zero attached hydrogens (tertiary/aromatic N) is 2. The number of rotatable bonds is 8. The third-order valence-electron chi connectivity index (χ3n) is 3.02. The van der Waals surface area contributed by atoms with Crippen molar-refractivity contribution in [3.63, 3.8) is 0 Å². The lowest BCUT2D eigenvalue weighted by Gasteiger charge is -2.13. The van der Waals surface area contributed by atoms with Gasteiger partial charge in [0.25, 0.3) is 5.91 Å². The second-order valence-electron chi connectivity index (χ2n) is 4.80. The van der Waals surface area contributed by atoms with Gasteiger partial charge in [-0.1, -0.05) is 0 Å². The van der Waals surface area contributed by atoms with Gasteiger partial charge in [0.2, 0.25) is 0 Å².